The Morgan fingerprint density at radius 2 is 1.00 bits per heavy atom. The summed E-state index contributed by atoms with van der Waals surface area (Å²) in [6, 6.07) is 64.5. The molecule has 0 aromatic heterocycles. The third-order valence-electron chi connectivity index (χ3n) is 12.0. The molecular weight excluding hydrogens is 675 g/mol. The maximum absolute atomic E-state index is 4.14. The van der Waals surface area contributed by atoms with Crippen LogP contribution in [0.4, 0.5) is 17.1 Å². The SMILES string of the molecule is C=CC1=C(C=C)c2ccc(-c3cccc(-c4cccc(N(c5ccc(-c6ccccc6)cc5)c5cccc6c5-c5ccccc5C6(C)C)c4)c3)c3cccc1c23. The van der Waals surface area contributed by atoms with Gasteiger partial charge in [0.15, 0.2) is 0 Å². The summed E-state index contributed by atoms with van der Waals surface area (Å²) in [7, 11) is 0. The zero-order valence-corrected chi connectivity index (χ0v) is 31.8. The summed E-state index contributed by atoms with van der Waals surface area (Å²) < 4.78 is 0. The minimum absolute atomic E-state index is 0.105. The third kappa shape index (κ3) is 5.16. The maximum atomic E-state index is 4.14. The van der Waals surface area contributed by atoms with Crippen molar-refractivity contribution >= 4 is 39.0 Å². The summed E-state index contributed by atoms with van der Waals surface area (Å²) in [5.74, 6) is 0. The zero-order valence-electron chi connectivity index (χ0n) is 31.8. The van der Waals surface area contributed by atoms with Gasteiger partial charge in [0, 0.05) is 22.4 Å². The van der Waals surface area contributed by atoms with E-state index in [9.17, 15) is 0 Å². The quantitative estimate of drug-likeness (QED) is 0.151. The van der Waals surface area contributed by atoms with Gasteiger partial charge in [-0.25, -0.2) is 0 Å². The molecule has 1 heteroatoms. The molecule has 0 N–H and O–H groups in total. The van der Waals surface area contributed by atoms with Gasteiger partial charge in [0.1, 0.15) is 0 Å². The van der Waals surface area contributed by atoms with Gasteiger partial charge in [-0.2, -0.15) is 0 Å². The van der Waals surface area contributed by atoms with E-state index in [1.165, 1.54) is 83.2 Å². The number of fused-ring (bicyclic) bond motifs is 3. The molecular formula is C55H41N. The van der Waals surface area contributed by atoms with Gasteiger partial charge in [0.25, 0.3) is 0 Å². The van der Waals surface area contributed by atoms with Gasteiger partial charge in [-0.15, -0.1) is 0 Å². The largest absolute Gasteiger partial charge is 0.310 e. The number of nitrogens with zero attached hydrogens (tertiary/aromatic N) is 1. The van der Waals surface area contributed by atoms with Gasteiger partial charge in [-0.3, -0.25) is 0 Å². The standard InChI is InChI=1S/C55H41N/c1-5-43-44(6-2)48-33-32-45(47-24-14-23-46(43)53(47)48)40-20-12-18-38(34-40)39-19-13-21-42(35-39)56(41-30-28-37(29-31-41)36-16-8-7-9-17-36)52-27-15-26-51-54(52)49-22-10-11-25-50(49)55(51,3)4/h5-35H,1-2H2,3-4H3. The molecule has 56 heavy (non-hydrogen) atoms. The molecule has 0 atom stereocenters. The Bertz CT molecular complexity index is 2880. The molecule has 10 rings (SSSR count). The molecule has 0 unspecified atom stereocenters. The third-order valence-corrected chi connectivity index (χ3v) is 12.0. The molecule has 0 aliphatic heterocycles. The molecule has 0 amide bonds. The predicted octanol–water partition coefficient (Wildman–Crippen LogP) is 15.2. The molecule has 8 aromatic carbocycles. The molecule has 2 aliphatic rings. The van der Waals surface area contributed by atoms with Crippen molar-refractivity contribution in [2.45, 2.75) is 19.3 Å². The van der Waals surface area contributed by atoms with Crippen molar-refractivity contribution in [3.8, 4) is 44.5 Å². The molecule has 0 spiro atoms. The first kappa shape index (κ1) is 33.6. The topological polar surface area (TPSA) is 3.24 Å². The predicted molar refractivity (Wildman–Crippen MR) is 240 cm³/mol. The first-order chi connectivity index (χ1) is 27.5. The Morgan fingerprint density at radius 1 is 0.429 bits per heavy atom. The van der Waals surface area contributed by atoms with E-state index in [0.717, 1.165) is 22.5 Å². The highest BCUT2D eigenvalue weighted by Crippen LogP contribution is 2.54. The molecule has 8 aromatic rings. The average Bonchev–Trinajstić information content (AvgIpc) is 3.70. The second kappa shape index (κ2) is 13.1. The Balaban J connectivity index is 1.11. The van der Waals surface area contributed by atoms with Crippen LogP contribution in [0.1, 0.15) is 36.1 Å². The van der Waals surface area contributed by atoms with E-state index >= 15 is 0 Å². The smallest absolute Gasteiger partial charge is 0.0543 e. The van der Waals surface area contributed by atoms with Crippen molar-refractivity contribution in [1.29, 1.82) is 0 Å². The summed E-state index contributed by atoms with van der Waals surface area (Å²) in [5, 5.41) is 2.52. The van der Waals surface area contributed by atoms with Gasteiger partial charge in [0.2, 0.25) is 0 Å². The molecule has 266 valence electrons. The number of rotatable bonds is 8. The Hall–Kier alpha value is -6.96. The maximum Gasteiger partial charge on any atom is 0.0543 e. The first-order valence-corrected chi connectivity index (χ1v) is 19.4. The number of allylic oxidation sites excluding steroid dienone is 4. The van der Waals surface area contributed by atoms with Crippen LogP contribution in [0.25, 0.3) is 66.4 Å². The van der Waals surface area contributed by atoms with Gasteiger partial charge in [-0.05, 0) is 120 Å². The van der Waals surface area contributed by atoms with Crippen molar-refractivity contribution < 1.29 is 0 Å². The van der Waals surface area contributed by atoms with Crippen molar-refractivity contribution in [2.24, 2.45) is 0 Å². The van der Waals surface area contributed by atoms with E-state index in [0.29, 0.717) is 0 Å². The second-order valence-electron chi connectivity index (χ2n) is 15.4. The highest BCUT2D eigenvalue weighted by Gasteiger charge is 2.37. The van der Waals surface area contributed by atoms with Gasteiger partial charge >= 0.3 is 0 Å². The molecule has 0 fully saturated rings. The molecule has 0 bridgehead atoms. The van der Waals surface area contributed by atoms with Crippen LogP contribution in [0.5, 0.6) is 0 Å². The van der Waals surface area contributed by atoms with Crippen LogP contribution in [0.15, 0.2) is 201 Å². The van der Waals surface area contributed by atoms with Crippen molar-refractivity contribution in [3.05, 3.63) is 223 Å². The highest BCUT2D eigenvalue weighted by atomic mass is 15.1. The molecule has 0 saturated heterocycles. The van der Waals surface area contributed by atoms with Gasteiger partial charge < -0.3 is 4.90 Å². The lowest BCUT2D eigenvalue weighted by molar-refractivity contribution is 0.660. The average molecular weight is 716 g/mol. The van der Waals surface area contributed by atoms with E-state index in [2.05, 4.69) is 208 Å². The van der Waals surface area contributed by atoms with Gasteiger partial charge in [-0.1, -0.05) is 179 Å². The first-order valence-electron chi connectivity index (χ1n) is 19.4. The van der Waals surface area contributed by atoms with Crippen LogP contribution < -0.4 is 4.90 Å². The van der Waals surface area contributed by atoms with Crippen LogP contribution in [0, 0.1) is 0 Å². The van der Waals surface area contributed by atoms with Gasteiger partial charge in [0.05, 0.1) is 5.69 Å². The van der Waals surface area contributed by atoms with Crippen LogP contribution in [0.3, 0.4) is 0 Å². The van der Waals surface area contributed by atoms with Crippen molar-refractivity contribution in [1.82, 2.24) is 0 Å². The normalized spacial score (nSPS) is 13.4. The lowest BCUT2D eigenvalue weighted by Gasteiger charge is -2.29. The monoisotopic (exact) mass is 715 g/mol. The number of hydrogen-bond donors (Lipinski definition) is 0. The molecule has 1 nitrogen and oxygen atoms in total. The molecule has 0 heterocycles. The van der Waals surface area contributed by atoms with E-state index in [1.807, 2.05) is 12.2 Å². The molecule has 0 radical (unpaired) electrons. The fourth-order valence-corrected chi connectivity index (χ4v) is 9.31. The second-order valence-corrected chi connectivity index (χ2v) is 15.4. The zero-order chi connectivity index (χ0) is 38.0. The van der Waals surface area contributed by atoms with Crippen LogP contribution >= 0.6 is 0 Å². The van der Waals surface area contributed by atoms with Crippen LogP contribution in [-0.2, 0) is 5.41 Å². The fraction of sp³-hybridized carbons (Fsp3) is 0.0545. The van der Waals surface area contributed by atoms with E-state index in [-0.39, 0.29) is 5.41 Å². The summed E-state index contributed by atoms with van der Waals surface area (Å²) in [4.78, 5) is 2.45. The minimum atomic E-state index is -0.105. The van der Waals surface area contributed by atoms with Crippen molar-refractivity contribution in [2.75, 3.05) is 4.90 Å². The van der Waals surface area contributed by atoms with E-state index in [1.54, 1.807) is 0 Å². The fourth-order valence-electron chi connectivity index (χ4n) is 9.31. The Labute approximate surface area is 329 Å². The molecule has 2 aliphatic carbocycles. The number of benzene rings is 8. The summed E-state index contributed by atoms with van der Waals surface area (Å²) in [6.07, 6.45) is 3.92. The summed E-state index contributed by atoms with van der Waals surface area (Å²) >= 11 is 0. The Kier molecular flexibility index (Phi) is 7.87. The van der Waals surface area contributed by atoms with Crippen molar-refractivity contribution in [3.63, 3.8) is 0 Å². The van der Waals surface area contributed by atoms with Crippen LogP contribution in [0.2, 0.25) is 0 Å². The van der Waals surface area contributed by atoms with E-state index < -0.39 is 0 Å². The number of anilines is 3. The summed E-state index contributed by atoms with van der Waals surface area (Å²) in [5.41, 5.74) is 20.5. The minimum Gasteiger partial charge on any atom is -0.310 e. The van der Waals surface area contributed by atoms with E-state index in [4.69, 9.17) is 0 Å². The summed E-state index contributed by atoms with van der Waals surface area (Å²) in [6.45, 7) is 13.0. The number of hydrogen-bond acceptors (Lipinski definition) is 1. The lowest BCUT2D eigenvalue weighted by Crippen LogP contribution is -2.16. The Morgan fingerprint density at radius 3 is 1.79 bits per heavy atom. The highest BCUT2D eigenvalue weighted by molar-refractivity contribution is 6.20. The lowest BCUT2D eigenvalue weighted by atomic mass is 9.82. The molecule has 0 saturated carbocycles. The van der Waals surface area contributed by atoms with Crippen LogP contribution in [-0.4, -0.2) is 0 Å².